The maximum atomic E-state index is 5.88. The zero-order chi connectivity index (χ0) is 13.5. The molecule has 0 spiro atoms. The van der Waals surface area contributed by atoms with Crippen LogP contribution in [0, 0.1) is 32.6 Å². The summed E-state index contributed by atoms with van der Waals surface area (Å²) < 4.78 is 0. The predicted octanol–water partition coefficient (Wildman–Crippen LogP) is 2.61. The van der Waals surface area contributed by atoms with Gasteiger partial charge in [-0.1, -0.05) is 12.1 Å². The van der Waals surface area contributed by atoms with E-state index in [1.54, 1.807) is 0 Å². The van der Waals surface area contributed by atoms with Crippen LogP contribution in [0.3, 0.4) is 0 Å². The van der Waals surface area contributed by atoms with Crippen molar-refractivity contribution in [3.63, 3.8) is 0 Å². The Bertz CT molecular complexity index is 452. The number of nitrogens with two attached hydrogens (primary N) is 1. The molecule has 18 heavy (non-hydrogen) atoms. The fraction of sp³-hybridized carbons (Fsp3) is 0.500. The average Bonchev–Trinajstić information content (AvgIpc) is 2.35. The van der Waals surface area contributed by atoms with Gasteiger partial charge in [0.25, 0.3) is 0 Å². The fourth-order valence-corrected chi connectivity index (χ4v) is 2.11. The largest absolute Gasteiger partial charge is 0.329 e. The highest BCUT2D eigenvalue weighted by Crippen LogP contribution is 2.21. The Morgan fingerprint density at radius 2 is 1.83 bits per heavy atom. The van der Waals surface area contributed by atoms with E-state index >= 15 is 0 Å². The number of nitrogens with one attached hydrogen (secondary N) is 1. The van der Waals surface area contributed by atoms with Crippen LogP contribution in [0.5, 0.6) is 0 Å². The molecule has 0 bridgehead atoms. The monoisotopic (exact) mass is 244 g/mol. The molecule has 1 aromatic carbocycles. The Hall–Kier alpha value is -1.30. The van der Waals surface area contributed by atoms with Crippen LogP contribution in [0.25, 0.3) is 0 Å². The maximum absolute atomic E-state index is 5.88. The van der Waals surface area contributed by atoms with Crippen molar-refractivity contribution < 1.29 is 0 Å². The van der Waals surface area contributed by atoms with E-state index in [1.807, 2.05) is 6.92 Å². The molecule has 1 aromatic rings. The van der Waals surface area contributed by atoms with Crippen molar-refractivity contribution in [3.05, 3.63) is 34.4 Å². The SMILES string of the molecule is CC#CCCNC(CN)c1cc(C)c(C)cc1C. The quantitative estimate of drug-likeness (QED) is 0.617. The van der Waals surface area contributed by atoms with Gasteiger partial charge in [0.05, 0.1) is 0 Å². The van der Waals surface area contributed by atoms with Crippen molar-refractivity contribution >= 4 is 0 Å². The van der Waals surface area contributed by atoms with Gasteiger partial charge in [-0.05, 0) is 49.9 Å². The molecule has 1 atom stereocenters. The van der Waals surface area contributed by atoms with E-state index in [-0.39, 0.29) is 6.04 Å². The summed E-state index contributed by atoms with van der Waals surface area (Å²) in [4.78, 5) is 0. The summed E-state index contributed by atoms with van der Waals surface area (Å²) in [6.07, 6.45) is 0.872. The van der Waals surface area contributed by atoms with Crippen molar-refractivity contribution in [1.82, 2.24) is 5.32 Å². The molecular formula is C16H24N2. The Labute approximate surface area is 111 Å². The minimum Gasteiger partial charge on any atom is -0.329 e. The van der Waals surface area contributed by atoms with Crippen LogP contribution in [0.1, 0.15) is 41.6 Å². The average molecular weight is 244 g/mol. The molecule has 0 aliphatic rings. The minimum absolute atomic E-state index is 0.225. The lowest BCUT2D eigenvalue weighted by atomic mass is 9.95. The second-order valence-electron chi connectivity index (χ2n) is 4.71. The highest BCUT2D eigenvalue weighted by atomic mass is 14.9. The first kappa shape index (κ1) is 14.8. The van der Waals surface area contributed by atoms with Crippen molar-refractivity contribution in [2.24, 2.45) is 5.73 Å². The number of benzene rings is 1. The van der Waals surface area contributed by atoms with Gasteiger partial charge in [-0.15, -0.1) is 11.8 Å². The lowest BCUT2D eigenvalue weighted by Gasteiger charge is -2.20. The molecule has 1 unspecified atom stereocenters. The Morgan fingerprint density at radius 3 is 2.44 bits per heavy atom. The lowest BCUT2D eigenvalue weighted by molar-refractivity contribution is 0.548. The number of aryl methyl sites for hydroxylation is 3. The molecule has 0 saturated carbocycles. The van der Waals surface area contributed by atoms with Crippen LogP contribution >= 0.6 is 0 Å². The fourth-order valence-electron chi connectivity index (χ4n) is 2.11. The minimum atomic E-state index is 0.225. The highest BCUT2D eigenvalue weighted by Gasteiger charge is 2.12. The first-order valence-electron chi connectivity index (χ1n) is 6.51. The van der Waals surface area contributed by atoms with Gasteiger partial charge >= 0.3 is 0 Å². The highest BCUT2D eigenvalue weighted by molar-refractivity contribution is 5.38. The zero-order valence-corrected chi connectivity index (χ0v) is 11.9. The summed E-state index contributed by atoms with van der Waals surface area (Å²) in [6, 6.07) is 4.71. The van der Waals surface area contributed by atoms with Crippen molar-refractivity contribution in [3.8, 4) is 11.8 Å². The second-order valence-corrected chi connectivity index (χ2v) is 4.71. The van der Waals surface area contributed by atoms with E-state index in [1.165, 1.54) is 22.3 Å². The summed E-state index contributed by atoms with van der Waals surface area (Å²) in [5, 5.41) is 3.48. The molecule has 0 fully saturated rings. The Balaban J connectivity index is 2.80. The molecule has 0 amide bonds. The predicted molar refractivity (Wildman–Crippen MR) is 78.5 cm³/mol. The summed E-state index contributed by atoms with van der Waals surface area (Å²) in [7, 11) is 0. The summed E-state index contributed by atoms with van der Waals surface area (Å²) in [6.45, 7) is 9.81. The van der Waals surface area contributed by atoms with E-state index in [0.29, 0.717) is 6.54 Å². The third-order valence-corrected chi connectivity index (χ3v) is 3.31. The third kappa shape index (κ3) is 3.87. The van der Waals surface area contributed by atoms with Gasteiger partial charge in [-0.25, -0.2) is 0 Å². The van der Waals surface area contributed by atoms with Crippen molar-refractivity contribution in [1.29, 1.82) is 0 Å². The second kappa shape index (κ2) is 7.20. The molecule has 0 radical (unpaired) electrons. The van der Waals surface area contributed by atoms with E-state index in [4.69, 9.17) is 5.73 Å². The van der Waals surface area contributed by atoms with Crippen LogP contribution < -0.4 is 11.1 Å². The van der Waals surface area contributed by atoms with Crippen molar-refractivity contribution in [2.45, 2.75) is 40.2 Å². The zero-order valence-electron chi connectivity index (χ0n) is 11.9. The summed E-state index contributed by atoms with van der Waals surface area (Å²) in [5.74, 6) is 5.97. The third-order valence-electron chi connectivity index (χ3n) is 3.31. The summed E-state index contributed by atoms with van der Waals surface area (Å²) >= 11 is 0. The smallest absolute Gasteiger partial charge is 0.0447 e. The molecule has 1 rings (SSSR count). The van der Waals surface area contributed by atoms with Gasteiger partial charge < -0.3 is 11.1 Å². The van der Waals surface area contributed by atoms with Gasteiger partial charge in [0.2, 0.25) is 0 Å². The molecule has 3 N–H and O–H groups in total. The molecule has 0 saturated heterocycles. The normalized spacial score (nSPS) is 11.8. The summed E-state index contributed by atoms with van der Waals surface area (Å²) in [5.41, 5.74) is 11.2. The first-order chi connectivity index (χ1) is 8.60. The molecule has 2 nitrogen and oxygen atoms in total. The van der Waals surface area contributed by atoms with E-state index in [2.05, 4.69) is 50.1 Å². The van der Waals surface area contributed by atoms with E-state index in [9.17, 15) is 0 Å². The lowest BCUT2D eigenvalue weighted by Crippen LogP contribution is -2.29. The van der Waals surface area contributed by atoms with Gasteiger partial charge in [0.15, 0.2) is 0 Å². The topological polar surface area (TPSA) is 38.0 Å². The van der Waals surface area contributed by atoms with Crippen LogP contribution in [0.4, 0.5) is 0 Å². The van der Waals surface area contributed by atoms with Gasteiger partial charge in [-0.2, -0.15) is 0 Å². The van der Waals surface area contributed by atoms with Crippen LogP contribution in [0.2, 0.25) is 0 Å². The number of rotatable bonds is 5. The van der Waals surface area contributed by atoms with Crippen LogP contribution in [0.15, 0.2) is 12.1 Å². The van der Waals surface area contributed by atoms with Gasteiger partial charge in [0.1, 0.15) is 0 Å². The molecule has 2 heteroatoms. The molecule has 0 aliphatic carbocycles. The van der Waals surface area contributed by atoms with Crippen molar-refractivity contribution in [2.75, 3.05) is 13.1 Å². The molecule has 0 aliphatic heterocycles. The molecular weight excluding hydrogens is 220 g/mol. The molecule has 0 heterocycles. The van der Waals surface area contributed by atoms with Crippen LogP contribution in [-0.4, -0.2) is 13.1 Å². The Kier molecular flexibility index (Phi) is 5.91. The van der Waals surface area contributed by atoms with Gasteiger partial charge in [-0.3, -0.25) is 0 Å². The van der Waals surface area contributed by atoms with Gasteiger partial charge in [0, 0.05) is 25.6 Å². The Morgan fingerprint density at radius 1 is 1.17 bits per heavy atom. The standard InChI is InChI=1S/C16H24N2/c1-5-6-7-8-18-16(11-17)15-10-13(3)12(2)9-14(15)4/h9-10,16,18H,7-8,11,17H2,1-4H3. The van der Waals surface area contributed by atoms with Crippen LogP contribution in [-0.2, 0) is 0 Å². The van der Waals surface area contributed by atoms with E-state index < -0.39 is 0 Å². The first-order valence-corrected chi connectivity index (χ1v) is 6.51. The number of hydrogen-bond acceptors (Lipinski definition) is 2. The van der Waals surface area contributed by atoms with E-state index in [0.717, 1.165) is 13.0 Å². The molecule has 98 valence electrons. The maximum Gasteiger partial charge on any atom is 0.0447 e. The molecule has 0 aromatic heterocycles. The number of hydrogen-bond donors (Lipinski definition) is 2.